The molecule has 4 heteroatoms. The second-order valence-electron chi connectivity index (χ2n) is 7.96. The van der Waals surface area contributed by atoms with Crippen molar-refractivity contribution in [3.63, 3.8) is 0 Å². The molecular weight excluding hydrogens is 284 g/mol. The van der Waals surface area contributed by atoms with E-state index in [2.05, 4.69) is 20.1 Å². The van der Waals surface area contributed by atoms with Crippen LogP contribution in [0.15, 0.2) is 4.99 Å². The Balaban J connectivity index is 1.35. The molecule has 0 radical (unpaired) electrons. The molecule has 1 spiro atoms. The monoisotopic (exact) mass is 320 g/mol. The first-order valence-electron chi connectivity index (χ1n) is 9.99. The third kappa shape index (κ3) is 4.62. The smallest absolute Gasteiger partial charge is 0.193 e. The number of unbranched alkanes of at least 4 members (excludes halogenated alkanes) is 1. The van der Waals surface area contributed by atoms with Crippen molar-refractivity contribution >= 4 is 5.96 Å². The van der Waals surface area contributed by atoms with Gasteiger partial charge in [0.05, 0.1) is 0 Å². The normalized spacial score (nSPS) is 25.4. The standard InChI is InChI=1S/C19H36N4/c1-20-18(21-12-5-6-13-22-14-7-8-15-22)23-16-11-19(17-23)9-3-2-4-10-19/h2-17H2,1H3,(H,20,21). The number of likely N-dealkylation sites (tertiary alicyclic amines) is 2. The van der Waals surface area contributed by atoms with Crippen LogP contribution in [0.4, 0.5) is 0 Å². The molecule has 1 aliphatic carbocycles. The third-order valence-electron chi connectivity index (χ3n) is 6.25. The van der Waals surface area contributed by atoms with E-state index in [1.165, 1.54) is 96.9 Å². The summed E-state index contributed by atoms with van der Waals surface area (Å²) in [5.74, 6) is 1.15. The molecule has 2 aliphatic heterocycles. The summed E-state index contributed by atoms with van der Waals surface area (Å²) in [5.41, 5.74) is 0.617. The van der Waals surface area contributed by atoms with Gasteiger partial charge in [0.25, 0.3) is 0 Å². The van der Waals surface area contributed by atoms with Gasteiger partial charge in [0.15, 0.2) is 5.96 Å². The molecule has 0 aromatic heterocycles. The maximum atomic E-state index is 4.54. The van der Waals surface area contributed by atoms with Gasteiger partial charge in [-0.25, -0.2) is 0 Å². The van der Waals surface area contributed by atoms with Gasteiger partial charge >= 0.3 is 0 Å². The van der Waals surface area contributed by atoms with Gasteiger partial charge in [-0.1, -0.05) is 19.3 Å². The molecule has 3 fully saturated rings. The molecule has 23 heavy (non-hydrogen) atoms. The third-order valence-corrected chi connectivity index (χ3v) is 6.25. The SMILES string of the molecule is CN=C(NCCCCN1CCCC1)N1CCC2(CCCCC2)C1. The van der Waals surface area contributed by atoms with Crippen LogP contribution >= 0.6 is 0 Å². The maximum Gasteiger partial charge on any atom is 0.193 e. The lowest BCUT2D eigenvalue weighted by molar-refractivity contribution is 0.203. The van der Waals surface area contributed by atoms with E-state index in [1.54, 1.807) is 0 Å². The number of aliphatic imine (C=N–C) groups is 1. The van der Waals surface area contributed by atoms with Gasteiger partial charge in [-0.15, -0.1) is 0 Å². The van der Waals surface area contributed by atoms with E-state index < -0.39 is 0 Å². The van der Waals surface area contributed by atoms with Crippen molar-refractivity contribution in [2.45, 2.75) is 64.2 Å². The molecule has 1 saturated carbocycles. The Labute approximate surface area is 142 Å². The van der Waals surface area contributed by atoms with Crippen LogP contribution in [-0.4, -0.2) is 62.1 Å². The molecule has 132 valence electrons. The van der Waals surface area contributed by atoms with E-state index >= 15 is 0 Å². The molecule has 1 N–H and O–H groups in total. The number of guanidine groups is 1. The first kappa shape index (κ1) is 17.1. The Bertz CT molecular complexity index is 381. The van der Waals surface area contributed by atoms with Crippen LogP contribution in [-0.2, 0) is 0 Å². The molecular formula is C19H36N4. The van der Waals surface area contributed by atoms with E-state index in [0.717, 1.165) is 12.5 Å². The zero-order chi connectivity index (χ0) is 16.0. The Morgan fingerprint density at radius 1 is 0.957 bits per heavy atom. The number of hydrogen-bond donors (Lipinski definition) is 1. The number of nitrogens with zero attached hydrogens (tertiary/aromatic N) is 3. The molecule has 3 rings (SSSR count). The van der Waals surface area contributed by atoms with Crippen molar-refractivity contribution in [1.82, 2.24) is 15.1 Å². The van der Waals surface area contributed by atoms with Gasteiger partial charge < -0.3 is 15.1 Å². The highest BCUT2D eigenvalue weighted by molar-refractivity contribution is 5.80. The Morgan fingerprint density at radius 3 is 2.48 bits per heavy atom. The summed E-state index contributed by atoms with van der Waals surface area (Å²) in [4.78, 5) is 9.68. The van der Waals surface area contributed by atoms with Crippen LogP contribution in [0.1, 0.15) is 64.2 Å². The zero-order valence-electron chi connectivity index (χ0n) is 15.2. The van der Waals surface area contributed by atoms with Crippen molar-refractivity contribution in [3.8, 4) is 0 Å². The number of hydrogen-bond acceptors (Lipinski definition) is 2. The highest BCUT2D eigenvalue weighted by Gasteiger charge is 2.39. The fourth-order valence-electron chi connectivity index (χ4n) is 4.82. The molecule has 0 amide bonds. The van der Waals surface area contributed by atoms with Crippen molar-refractivity contribution in [3.05, 3.63) is 0 Å². The van der Waals surface area contributed by atoms with Gasteiger partial charge in [0.2, 0.25) is 0 Å². The summed E-state index contributed by atoms with van der Waals surface area (Å²) in [6, 6.07) is 0. The van der Waals surface area contributed by atoms with Crippen LogP contribution in [0.5, 0.6) is 0 Å². The molecule has 2 heterocycles. The summed E-state index contributed by atoms with van der Waals surface area (Å²) in [6.07, 6.45) is 14.0. The lowest BCUT2D eigenvalue weighted by Crippen LogP contribution is -2.42. The molecule has 0 unspecified atom stereocenters. The molecule has 0 bridgehead atoms. The van der Waals surface area contributed by atoms with Crippen LogP contribution in [0.25, 0.3) is 0 Å². The molecule has 2 saturated heterocycles. The lowest BCUT2D eigenvalue weighted by Gasteiger charge is -2.33. The van der Waals surface area contributed by atoms with Gasteiger partial charge in [0, 0.05) is 26.7 Å². The predicted octanol–water partition coefficient (Wildman–Crippen LogP) is 3.09. The van der Waals surface area contributed by atoms with Gasteiger partial charge in [-0.2, -0.15) is 0 Å². The molecule has 0 aromatic rings. The van der Waals surface area contributed by atoms with Crippen LogP contribution in [0, 0.1) is 5.41 Å². The second kappa shape index (κ2) is 8.36. The minimum atomic E-state index is 0.617. The zero-order valence-corrected chi connectivity index (χ0v) is 15.2. The minimum Gasteiger partial charge on any atom is -0.356 e. The second-order valence-corrected chi connectivity index (χ2v) is 7.96. The van der Waals surface area contributed by atoms with Crippen LogP contribution in [0.2, 0.25) is 0 Å². The quantitative estimate of drug-likeness (QED) is 0.480. The first-order chi connectivity index (χ1) is 11.3. The van der Waals surface area contributed by atoms with E-state index in [0.29, 0.717) is 5.41 Å². The summed E-state index contributed by atoms with van der Waals surface area (Å²) in [6.45, 7) is 7.45. The average molecular weight is 321 g/mol. The molecule has 3 aliphatic rings. The van der Waals surface area contributed by atoms with Crippen molar-refractivity contribution in [2.75, 3.05) is 46.3 Å². The summed E-state index contributed by atoms with van der Waals surface area (Å²) < 4.78 is 0. The Hall–Kier alpha value is -0.770. The maximum absolute atomic E-state index is 4.54. The number of rotatable bonds is 5. The Morgan fingerprint density at radius 2 is 1.74 bits per heavy atom. The predicted molar refractivity (Wildman–Crippen MR) is 98.0 cm³/mol. The summed E-state index contributed by atoms with van der Waals surface area (Å²) in [5, 5.41) is 3.62. The minimum absolute atomic E-state index is 0.617. The average Bonchev–Trinajstić information content (AvgIpc) is 3.22. The largest absolute Gasteiger partial charge is 0.356 e. The van der Waals surface area contributed by atoms with E-state index in [-0.39, 0.29) is 0 Å². The van der Waals surface area contributed by atoms with E-state index in [1.807, 2.05) is 7.05 Å². The van der Waals surface area contributed by atoms with Gasteiger partial charge in [0.1, 0.15) is 0 Å². The lowest BCUT2D eigenvalue weighted by atomic mass is 9.73. The molecule has 4 nitrogen and oxygen atoms in total. The van der Waals surface area contributed by atoms with E-state index in [9.17, 15) is 0 Å². The van der Waals surface area contributed by atoms with Crippen molar-refractivity contribution < 1.29 is 0 Å². The van der Waals surface area contributed by atoms with Gasteiger partial charge in [-0.3, -0.25) is 4.99 Å². The molecule has 0 atom stereocenters. The summed E-state index contributed by atoms with van der Waals surface area (Å²) >= 11 is 0. The van der Waals surface area contributed by atoms with Crippen molar-refractivity contribution in [1.29, 1.82) is 0 Å². The van der Waals surface area contributed by atoms with E-state index in [4.69, 9.17) is 0 Å². The first-order valence-corrected chi connectivity index (χ1v) is 9.99. The molecule has 0 aromatic carbocycles. The topological polar surface area (TPSA) is 30.9 Å². The Kier molecular flexibility index (Phi) is 6.21. The van der Waals surface area contributed by atoms with Crippen LogP contribution in [0.3, 0.4) is 0 Å². The fraction of sp³-hybridized carbons (Fsp3) is 0.947. The fourth-order valence-corrected chi connectivity index (χ4v) is 4.82. The number of nitrogens with one attached hydrogen (secondary N) is 1. The summed E-state index contributed by atoms with van der Waals surface area (Å²) in [7, 11) is 1.94. The highest BCUT2D eigenvalue weighted by atomic mass is 15.3. The van der Waals surface area contributed by atoms with Crippen molar-refractivity contribution in [2.24, 2.45) is 10.4 Å². The highest BCUT2D eigenvalue weighted by Crippen LogP contribution is 2.43. The van der Waals surface area contributed by atoms with Gasteiger partial charge in [-0.05, 0) is 70.0 Å². The van der Waals surface area contributed by atoms with Crippen LogP contribution < -0.4 is 5.32 Å².